The van der Waals surface area contributed by atoms with Crippen LogP contribution in [0.4, 0.5) is 0 Å². The van der Waals surface area contributed by atoms with Gasteiger partial charge in [-0.15, -0.1) is 11.3 Å². The van der Waals surface area contributed by atoms with E-state index >= 15 is 0 Å². The molecule has 1 nitrogen and oxygen atoms in total. The van der Waals surface area contributed by atoms with Crippen molar-refractivity contribution in [2.24, 2.45) is 5.92 Å². The van der Waals surface area contributed by atoms with Crippen LogP contribution >= 0.6 is 11.3 Å². The standard InChI is InChI=1S/C13H17NS/c14-9-8-11-5-2-1-3-6-12(11)13-7-4-10-15-13/h4,7,10-12H,1-3,5-6,8H2. The Bertz CT molecular complexity index is 323. The molecule has 0 saturated heterocycles. The van der Waals surface area contributed by atoms with Gasteiger partial charge in [-0.05, 0) is 36.1 Å². The Kier molecular flexibility index (Phi) is 3.80. The summed E-state index contributed by atoms with van der Waals surface area (Å²) in [5.41, 5.74) is 0. The number of nitrogens with zero attached hydrogens (tertiary/aromatic N) is 1. The Balaban J connectivity index is 2.14. The first-order chi connectivity index (χ1) is 7.42. The van der Waals surface area contributed by atoms with Gasteiger partial charge in [0, 0.05) is 11.3 Å². The summed E-state index contributed by atoms with van der Waals surface area (Å²) >= 11 is 1.86. The molecule has 15 heavy (non-hydrogen) atoms. The second-order valence-electron chi connectivity index (χ2n) is 4.38. The topological polar surface area (TPSA) is 23.8 Å². The Hall–Kier alpha value is -0.810. The van der Waals surface area contributed by atoms with Crippen LogP contribution in [-0.4, -0.2) is 0 Å². The predicted molar refractivity (Wildman–Crippen MR) is 63.9 cm³/mol. The van der Waals surface area contributed by atoms with Gasteiger partial charge < -0.3 is 0 Å². The summed E-state index contributed by atoms with van der Waals surface area (Å²) in [6.45, 7) is 0. The summed E-state index contributed by atoms with van der Waals surface area (Å²) in [5, 5.41) is 11.0. The van der Waals surface area contributed by atoms with E-state index in [0.717, 1.165) is 6.42 Å². The maximum Gasteiger partial charge on any atom is 0.0624 e. The van der Waals surface area contributed by atoms with Gasteiger partial charge >= 0.3 is 0 Å². The molecule has 0 bridgehead atoms. The molecular weight excluding hydrogens is 202 g/mol. The van der Waals surface area contributed by atoms with Crippen molar-refractivity contribution in [2.45, 2.75) is 44.4 Å². The summed E-state index contributed by atoms with van der Waals surface area (Å²) in [7, 11) is 0. The van der Waals surface area contributed by atoms with Gasteiger partial charge in [0.25, 0.3) is 0 Å². The predicted octanol–water partition coefficient (Wildman–Crippen LogP) is 4.33. The summed E-state index contributed by atoms with van der Waals surface area (Å²) in [6.07, 6.45) is 7.27. The van der Waals surface area contributed by atoms with E-state index in [1.807, 2.05) is 11.3 Å². The zero-order chi connectivity index (χ0) is 10.5. The molecule has 1 saturated carbocycles. The Morgan fingerprint density at radius 3 is 2.93 bits per heavy atom. The molecule has 1 fully saturated rings. The van der Waals surface area contributed by atoms with Crippen molar-refractivity contribution in [1.29, 1.82) is 5.26 Å². The lowest BCUT2D eigenvalue weighted by Gasteiger charge is -2.21. The molecule has 0 N–H and O–H groups in total. The average Bonchev–Trinajstić information content (AvgIpc) is 2.67. The molecule has 80 valence electrons. The van der Waals surface area contributed by atoms with Crippen LogP contribution < -0.4 is 0 Å². The maximum absolute atomic E-state index is 8.88. The zero-order valence-electron chi connectivity index (χ0n) is 8.98. The van der Waals surface area contributed by atoms with E-state index in [1.54, 1.807) is 0 Å². The molecule has 0 aromatic carbocycles. The van der Waals surface area contributed by atoms with Crippen molar-refractivity contribution in [3.05, 3.63) is 22.4 Å². The van der Waals surface area contributed by atoms with Gasteiger partial charge in [-0.1, -0.05) is 25.3 Å². The fourth-order valence-corrected chi connectivity index (χ4v) is 3.58. The Morgan fingerprint density at radius 1 is 1.33 bits per heavy atom. The minimum absolute atomic E-state index is 0.608. The SMILES string of the molecule is N#CCC1CCCCCC1c1cccs1. The third-order valence-corrected chi connectivity index (χ3v) is 4.43. The van der Waals surface area contributed by atoms with Crippen molar-refractivity contribution in [3.63, 3.8) is 0 Å². The highest BCUT2D eigenvalue weighted by molar-refractivity contribution is 7.10. The largest absolute Gasteiger partial charge is 0.198 e. The summed E-state index contributed by atoms with van der Waals surface area (Å²) in [6, 6.07) is 6.74. The second-order valence-corrected chi connectivity index (χ2v) is 5.36. The van der Waals surface area contributed by atoms with E-state index in [9.17, 15) is 0 Å². The summed E-state index contributed by atoms with van der Waals surface area (Å²) in [4.78, 5) is 1.50. The van der Waals surface area contributed by atoms with E-state index in [1.165, 1.54) is 37.0 Å². The maximum atomic E-state index is 8.88. The van der Waals surface area contributed by atoms with Crippen molar-refractivity contribution in [2.75, 3.05) is 0 Å². The molecule has 1 aromatic rings. The first-order valence-electron chi connectivity index (χ1n) is 5.82. The van der Waals surface area contributed by atoms with E-state index in [0.29, 0.717) is 11.8 Å². The molecule has 1 aromatic heterocycles. The third kappa shape index (κ3) is 2.60. The third-order valence-electron chi connectivity index (χ3n) is 3.42. The van der Waals surface area contributed by atoms with Crippen LogP contribution in [0.3, 0.4) is 0 Å². The highest BCUT2D eigenvalue weighted by Crippen LogP contribution is 2.39. The van der Waals surface area contributed by atoms with Gasteiger partial charge in [0.05, 0.1) is 6.07 Å². The van der Waals surface area contributed by atoms with Crippen LogP contribution in [0.2, 0.25) is 0 Å². The van der Waals surface area contributed by atoms with E-state index in [2.05, 4.69) is 23.6 Å². The van der Waals surface area contributed by atoms with Gasteiger partial charge in [0.2, 0.25) is 0 Å². The molecule has 0 spiro atoms. The molecule has 1 heterocycles. The zero-order valence-corrected chi connectivity index (χ0v) is 9.80. The van der Waals surface area contributed by atoms with Gasteiger partial charge in [-0.2, -0.15) is 5.26 Å². The molecule has 2 heteroatoms. The summed E-state index contributed by atoms with van der Waals surface area (Å²) in [5.74, 6) is 1.27. The molecule has 0 aliphatic heterocycles. The second kappa shape index (κ2) is 5.32. The van der Waals surface area contributed by atoms with Crippen LogP contribution in [-0.2, 0) is 0 Å². The van der Waals surface area contributed by atoms with Crippen LogP contribution in [0.1, 0.15) is 49.3 Å². The van der Waals surface area contributed by atoms with Gasteiger partial charge in [-0.25, -0.2) is 0 Å². The normalized spacial score (nSPS) is 26.9. The Morgan fingerprint density at radius 2 is 2.20 bits per heavy atom. The van der Waals surface area contributed by atoms with Crippen molar-refractivity contribution >= 4 is 11.3 Å². The molecule has 0 radical (unpaired) electrons. The number of hydrogen-bond donors (Lipinski definition) is 0. The summed E-state index contributed by atoms with van der Waals surface area (Å²) < 4.78 is 0. The Labute approximate surface area is 95.7 Å². The minimum Gasteiger partial charge on any atom is -0.198 e. The molecule has 1 aliphatic carbocycles. The molecular formula is C13H17NS. The number of thiophene rings is 1. The van der Waals surface area contributed by atoms with Crippen LogP contribution in [0.5, 0.6) is 0 Å². The quantitative estimate of drug-likeness (QED) is 0.679. The van der Waals surface area contributed by atoms with Gasteiger partial charge in [0.1, 0.15) is 0 Å². The first-order valence-corrected chi connectivity index (χ1v) is 6.70. The number of hydrogen-bond acceptors (Lipinski definition) is 2. The van der Waals surface area contributed by atoms with E-state index in [4.69, 9.17) is 5.26 Å². The van der Waals surface area contributed by atoms with Crippen LogP contribution in [0.25, 0.3) is 0 Å². The monoisotopic (exact) mass is 219 g/mol. The molecule has 2 rings (SSSR count). The van der Waals surface area contributed by atoms with Crippen molar-refractivity contribution in [3.8, 4) is 6.07 Å². The van der Waals surface area contributed by atoms with E-state index in [-0.39, 0.29) is 0 Å². The lowest BCUT2D eigenvalue weighted by atomic mass is 9.85. The minimum atomic E-state index is 0.608. The van der Waals surface area contributed by atoms with Crippen LogP contribution in [0, 0.1) is 17.2 Å². The van der Waals surface area contributed by atoms with Gasteiger partial charge in [0.15, 0.2) is 0 Å². The molecule has 1 aliphatic rings. The fourth-order valence-electron chi connectivity index (χ4n) is 2.62. The lowest BCUT2D eigenvalue weighted by Crippen LogP contribution is -2.09. The smallest absolute Gasteiger partial charge is 0.0624 e. The lowest BCUT2D eigenvalue weighted by molar-refractivity contribution is 0.411. The first kappa shape index (κ1) is 10.7. The highest BCUT2D eigenvalue weighted by atomic mass is 32.1. The van der Waals surface area contributed by atoms with Gasteiger partial charge in [-0.3, -0.25) is 0 Å². The fraction of sp³-hybridized carbons (Fsp3) is 0.615. The van der Waals surface area contributed by atoms with Crippen molar-refractivity contribution in [1.82, 2.24) is 0 Å². The van der Waals surface area contributed by atoms with Crippen LogP contribution in [0.15, 0.2) is 17.5 Å². The molecule has 0 amide bonds. The number of nitriles is 1. The molecule has 2 atom stereocenters. The van der Waals surface area contributed by atoms with E-state index < -0.39 is 0 Å². The molecule has 2 unspecified atom stereocenters. The average molecular weight is 219 g/mol. The highest BCUT2D eigenvalue weighted by Gasteiger charge is 2.25. The number of rotatable bonds is 2. The van der Waals surface area contributed by atoms with Crippen molar-refractivity contribution < 1.29 is 0 Å².